The first-order valence-electron chi connectivity index (χ1n) is 8.82. The zero-order valence-corrected chi connectivity index (χ0v) is 16.2. The summed E-state index contributed by atoms with van der Waals surface area (Å²) in [5.74, 6) is 0.616. The zero-order chi connectivity index (χ0) is 19.1. The van der Waals surface area contributed by atoms with E-state index in [-0.39, 0.29) is 0 Å². The van der Waals surface area contributed by atoms with Gasteiger partial charge in [0.05, 0.1) is 21.8 Å². The van der Waals surface area contributed by atoms with Crippen LogP contribution in [0.5, 0.6) is 0 Å². The van der Waals surface area contributed by atoms with E-state index in [1.54, 1.807) is 29.9 Å². The molecule has 5 heterocycles. The van der Waals surface area contributed by atoms with E-state index in [1.807, 2.05) is 44.6 Å². The van der Waals surface area contributed by atoms with Crippen LogP contribution in [0.15, 0.2) is 61.3 Å². The van der Waals surface area contributed by atoms with E-state index in [0.29, 0.717) is 5.82 Å². The predicted molar refractivity (Wildman–Crippen MR) is 111 cm³/mol. The molecule has 6 nitrogen and oxygen atoms in total. The minimum Gasteiger partial charge on any atom is -0.349 e. The van der Waals surface area contributed by atoms with E-state index < -0.39 is 0 Å². The van der Waals surface area contributed by atoms with Crippen LogP contribution in [0.2, 0.25) is 0 Å². The summed E-state index contributed by atoms with van der Waals surface area (Å²) in [5.41, 5.74) is 4.63. The van der Waals surface area contributed by atoms with Crippen molar-refractivity contribution < 1.29 is 0 Å². The molecule has 0 unspecified atom stereocenters. The van der Waals surface area contributed by atoms with Gasteiger partial charge in [-0.2, -0.15) is 0 Å². The van der Waals surface area contributed by atoms with E-state index in [0.717, 1.165) is 43.4 Å². The SMILES string of the molecule is Cc1nc(-c2cccnc2)sc1-c1cc2ccn(C)c2c(-c2ncccn2)n1. The Morgan fingerprint density at radius 1 is 1.00 bits per heavy atom. The van der Waals surface area contributed by atoms with Crippen molar-refractivity contribution in [3.63, 3.8) is 0 Å². The number of hydrogen-bond acceptors (Lipinski definition) is 6. The highest BCUT2D eigenvalue weighted by Gasteiger charge is 2.18. The standard InChI is InChI=1S/C21H16N6S/c1-13-19(28-21(25-13)15-5-3-7-22-12-15)16-11-14-6-10-27(2)18(14)17(26-16)20-23-8-4-9-24-20/h3-12H,1-2H3. The molecule has 0 bridgehead atoms. The Kier molecular flexibility index (Phi) is 3.95. The van der Waals surface area contributed by atoms with Gasteiger partial charge in [0, 0.05) is 49.0 Å². The van der Waals surface area contributed by atoms with Gasteiger partial charge in [-0.3, -0.25) is 4.98 Å². The van der Waals surface area contributed by atoms with Gasteiger partial charge >= 0.3 is 0 Å². The molecule has 0 saturated carbocycles. The van der Waals surface area contributed by atoms with Crippen molar-refractivity contribution in [3.8, 4) is 32.7 Å². The number of aryl methyl sites for hydroxylation is 2. The molecule has 136 valence electrons. The number of rotatable bonds is 3. The third kappa shape index (κ3) is 2.76. The van der Waals surface area contributed by atoms with Gasteiger partial charge in [0.1, 0.15) is 10.7 Å². The smallest absolute Gasteiger partial charge is 0.180 e. The minimum atomic E-state index is 0.616. The van der Waals surface area contributed by atoms with Crippen molar-refractivity contribution in [2.24, 2.45) is 7.05 Å². The minimum absolute atomic E-state index is 0.616. The highest BCUT2D eigenvalue weighted by molar-refractivity contribution is 7.18. The largest absolute Gasteiger partial charge is 0.349 e. The molecule has 0 atom stereocenters. The van der Waals surface area contributed by atoms with Gasteiger partial charge in [0.15, 0.2) is 5.82 Å². The predicted octanol–water partition coefficient (Wildman–Crippen LogP) is 4.52. The van der Waals surface area contributed by atoms with Gasteiger partial charge < -0.3 is 4.57 Å². The normalized spacial score (nSPS) is 11.2. The lowest BCUT2D eigenvalue weighted by Gasteiger charge is -2.07. The number of pyridine rings is 2. The average Bonchev–Trinajstić information content (AvgIpc) is 3.32. The molecular formula is C21H16N6S. The van der Waals surface area contributed by atoms with Crippen molar-refractivity contribution >= 4 is 22.2 Å². The van der Waals surface area contributed by atoms with Gasteiger partial charge in [-0.25, -0.2) is 19.9 Å². The molecule has 0 aliphatic heterocycles. The molecule has 28 heavy (non-hydrogen) atoms. The third-order valence-electron chi connectivity index (χ3n) is 4.57. The van der Waals surface area contributed by atoms with Gasteiger partial charge in [0.2, 0.25) is 0 Å². The second-order valence-corrected chi connectivity index (χ2v) is 7.47. The molecule has 5 aromatic rings. The first-order chi connectivity index (χ1) is 13.7. The Morgan fingerprint density at radius 3 is 2.64 bits per heavy atom. The molecule has 0 spiro atoms. The molecule has 0 saturated heterocycles. The second-order valence-electron chi connectivity index (χ2n) is 6.47. The highest BCUT2D eigenvalue weighted by Crippen LogP contribution is 2.37. The molecule has 5 rings (SSSR count). The Balaban J connectivity index is 1.72. The van der Waals surface area contributed by atoms with Gasteiger partial charge in [-0.1, -0.05) is 0 Å². The van der Waals surface area contributed by atoms with E-state index >= 15 is 0 Å². The van der Waals surface area contributed by atoms with E-state index in [9.17, 15) is 0 Å². The van der Waals surface area contributed by atoms with Crippen LogP contribution < -0.4 is 0 Å². The molecular weight excluding hydrogens is 368 g/mol. The van der Waals surface area contributed by atoms with Crippen molar-refractivity contribution in [2.75, 3.05) is 0 Å². The van der Waals surface area contributed by atoms with Crippen LogP contribution in [0.3, 0.4) is 0 Å². The Morgan fingerprint density at radius 2 is 1.86 bits per heavy atom. The van der Waals surface area contributed by atoms with E-state index in [1.165, 1.54) is 0 Å². The summed E-state index contributed by atoms with van der Waals surface area (Å²) in [6.45, 7) is 2.02. The number of hydrogen-bond donors (Lipinski definition) is 0. The first-order valence-corrected chi connectivity index (χ1v) is 9.64. The number of nitrogens with zero attached hydrogens (tertiary/aromatic N) is 6. The summed E-state index contributed by atoms with van der Waals surface area (Å²) in [4.78, 5) is 23.8. The average molecular weight is 384 g/mol. The lowest BCUT2D eigenvalue weighted by atomic mass is 10.1. The van der Waals surface area contributed by atoms with E-state index in [2.05, 4.69) is 31.7 Å². The van der Waals surface area contributed by atoms with Crippen molar-refractivity contribution in [2.45, 2.75) is 6.92 Å². The lowest BCUT2D eigenvalue weighted by molar-refractivity contribution is 0.963. The zero-order valence-electron chi connectivity index (χ0n) is 15.4. The second kappa shape index (κ2) is 6.61. The molecule has 0 radical (unpaired) electrons. The maximum absolute atomic E-state index is 4.95. The van der Waals surface area contributed by atoms with Gasteiger partial charge in [-0.15, -0.1) is 11.3 Å². The fourth-order valence-corrected chi connectivity index (χ4v) is 4.28. The Bertz CT molecular complexity index is 1270. The molecule has 0 N–H and O–H groups in total. The van der Waals surface area contributed by atoms with Crippen LogP contribution in [0, 0.1) is 6.92 Å². The van der Waals surface area contributed by atoms with Crippen LogP contribution >= 0.6 is 11.3 Å². The van der Waals surface area contributed by atoms with Crippen molar-refractivity contribution in [1.29, 1.82) is 0 Å². The number of aromatic nitrogens is 6. The number of fused-ring (bicyclic) bond motifs is 1. The van der Waals surface area contributed by atoms with Crippen LogP contribution in [0.1, 0.15) is 5.69 Å². The topological polar surface area (TPSA) is 69.4 Å². The van der Waals surface area contributed by atoms with Gasteiger partial charge in [0.25, 0.3) is 0 Å². The Hall–Kier alpha value is -3.45. The first kappa shape index (κ1) is 16.7. The van der Waals surface area contributed by atoms with Crippen LogP contribution in [0.25, 0.3) is 43.6 Å². The monoisotopic (exact) mass is 384 g/mol. The Labute approximate surface area is 165 Å². The highest BCUT2D eigenvalue weighted by atomic mass is 32.1. The fourth-order valence-electron chi connectivity index (χ4n) is 3.26. The summed E-state index contributed by atoms with van der Waals surface area (Å²) in [6, 6.07) is 9.95. The summed E-state index contributed by atoms with van der Waals surface area (Å²) in [7, 11) is 2.01. The molecule has 5 aromatic heterocycles. The molecule has 0 aliphatic carbocycles. The van der Waals surface area contributed by atoms with Crippen LogP contribution in [0.4, 0.5) is 0 Å². The molecule has 0 aromatic carbocycles. The van der Waals surface area contributed by atoms with Crippen LogP contribution in [-0.2, 0) is 7.05 Å². The summed E-state index contributed by atoms with van der Waals surface area (Å²) in [6.07, 6.45) is 9.11. The molecule has 0 amide bonds. The molecule has 0 fully saturated rings. The summed E-state index contributed by atoms with van der Waals surface area (Å²) >= 11 is 1.62. The van der Waals surface area contributed by atoms with E-state index in [4.69, 9.17) is 9.97 Å². The molecule has 7 heteroatoms. The van der Waals surface area contributed by atoms with Crippen molar-refractivity contribution in [1.82, 2.24) is 29.5 Å². The quantitative estimate of drug-likeness (QED) is 0.457. The third-order valence-corrected chi connectivity index (χ3v) is 5.80. The van der Waals surface area contributed by atoms with Gasteiger partial charge in [-0.05, 0) is 37.3 Å². The lowest BCUT2D eigenvalue weighted by Crippen LogP contribution is -1.97. The summed E-state index contributed by atoms with van der Waals surface area (Å²) < 4.78 is 2.05. The van der Waals surface area contributed by atoms with Crippen LogP contribution in [-0.4, -0.2) is 29.5 Å². The number of thiazole rings is 1. The maximum atomic E-state index is 4.95. The fraction of sp³-hybridized carbons (Fsp3) is 0.0952. The molecule has 0 aliphatic rings. The van der Waals surface area contributed by atoms with Crippen molar-refractivity contribution in [3.05, 3.63) is 67.0 Å². The maximum Gasteiger partial charge on any atom is 0.180 e. The summed E-state index contributed by atoms with van der Waals surface area (Å²) in [5, 5.41) is 2.04.